The molecule has 2 heterocycles. The summed E-state index contributed by atoms with van der Waals surface area (Å²) >= 11 is 8.10. The van der Waals surface area contributed by atoms with Gasteiger partial charge in [0.1, 0.15) is 0 Å². The maximum absolute atomic E-state index is 12.4. The molecule has 0 radical (unpaired) electrons. The summed E-state index contributed by atoms with van der Waals surface area (Å²) in [5, 5.41) is 0. The van der Waals surface area contributed by atoms with Gasteiger partial charge in [-0.3, -0.25) is 14.5 Å². The second kappa shape index (κ2) is 9.46. The SMILES string of the molecule is CCCCC(CC)COCCCN1C(=O)c2c(Br)sc(Br)c2C1=O. The Morgan fingerprint density at radius 1 is 1.08 bits per heavy atom. The third-order valence-electron chi connectivity index (χ3n) is 4.31. The first kappa shape index (κ1) is 20.1. The van der Waals surface area contributed by atoms with Crippen LogP contribution in [-0.4, -0.2) is 36.5 Å². The van der Waals surface area contributed by atoms with Crippen molar-refractivity contribution in [3.63, 3.8) is 0 Å². The fourth-order valence-electron chi connectivity index (χ4n) is 2.80. The quantitative estimate of drug-likeness (QED) is 0.328. The molecule has 1 unspecified atom stereocenters. The van der Waals surface area contributed by atoms with E-state index in [1.807, 2.05) is 0 Å². The molecule has 1 aromatic heterocycles. The second-order valence-electron chi connectivity index (χ2n) is 6.01. The lowest BCUT2D eigenvalue weighted by Crippen LogP contribution is -2.31. The molecule has 7 heteroatoms. The molecule has 2 rings (SSSR count). The lowest BCUT2D eigenvalue weighted by atomic mass is 10.0. The molecule has 0 N–H and O–H groups in total. The van der Waals surface area contributed by atoms with Gasteiger partial charge in [0.05, 0.1) is 18.7 Å². The number of carbonyl (C=O) groups excluding carboxylic acids is 2. The Labute approximate surface area is 164 Å². The Morgan fingerprint density at radius 2 is 1.71 bits per heavy atom. The van der Waals surface area contributed by atoms with Gasteiger partial charge in [-0.05, 0) is 50.6 Å². The van der Waals surface area contributed by atoms with Crippen LogP contribution in [0, 0.1) is 5.92 Å². The Balaban J connectivity index is 1.77. The van der Waals surface area contributed by atoms with Gasteiger partial charge in [0.25, 0.3) is 11.8 Å². The van der Waals surface area contributed by atoms with E-state index in [4.69, 9.17) is 4.74 Å². The van der Waals surface area contributed by atoms with Crippen LogP contribution in [0.4, 0.5) is 0 Å². The normalized spacial score (nSPS) is 15.2. The van der Waals surface area contributed by atoms with Crippen LogP contribution in [0.3, 0.4) is 0 Å². The van der Waals surface area contributed by atoms with Crippen molar-refractivity contribution in [2.24, 2.45) is 5.92 Å². The molecule has 1 aliphatic heterocycles. The zero-order chi connectivity index (χ0) is 17.7. The maximum Gasteiger partial charge on any atom is 0.263 e. The number of hydrogen-bond acceptors (Lipinski definition) is 4. The first-order valence-electron chi connectivity index (χ1n) is 8.42. The van der Waals surface area contributed by atoms with E-state index in [0.29, 0.717) is 44.2 Å². The molecule has 0 aliphatic carbocycles. The summed E-state index contributed by atoms with van der Waals surface area (Å²) in [7, 11) is 0. The fourth-order valence-corrected chi connectivity index (χ4v) is 5.90. The van der Waals surface area contributed by atoms with E-state index in [2.05, 4.69) is 45.7 Å². The number of halogens is 2. The van der Waals surface area contributed by atoms with E-state index in [0.717, 1.165) is 13.0 Å². The zero-order valence-corrected chi connectivity index (χ0v) is 18.1. The van der Waals surface area contributed by atoms with Gasteiger partial charge in [-0.25, -0.2) is 0 Å². The number of nitrogens with zero attached hydrogens (tertiary/aromatic N) is 1. The summed E-state index contributed by atoms with van der Waals surface area (Å²) in [5.74, 6) is 0.190. The van der Waals surface area contributed by atoms with E-state index in [1.54, 1.807) is 0 Å². The minimum atomic E-state index is -0.210. The minimum absolute atomic E-state index is 0.210. The Bertz CT molecular complexity index is 566. The van der Waals surface area contributed by atoms with E-state index in [-0.39, 0.29) is 11.8 Å². The van der Waals surface area contributed by atoms with Crippen molar-refractivity contribution >= 4 is 55.0 Å². The summed E-state index contributed by atoms with van der Waals surface area (Å²) in [6.45, 7) is 6.14. The maximum atomic E-state index is 12.4. The highest BCUT2D eigenvalue weighted by atomic mass is 79.9. The Morgan fingerprint density at radius 3 is 2.25 bits per heavy atom. The van der Waals surface area contributed by atoms with Crippen LogP contribution in [0.5, 0.6) is 0 Å². The van der Waals surface area contributed by atoms with Crippen molar-refractivity contribution in [2.75, 3.05) is 19.8 Å². The average Bonchev–Trinajstić information content (AvgIpc) is 2.99. The van der Waals surface area contributed by atoms with Crippen molar-refractivity contribution in [2.45, 2.75) is 46.0 Å². The zero-order valence-electron chi connectivity index (χ0n) is 14.1. The number of carbonyl (C=O) groups is 2. The highest BCUT2D eigenvalue weighted by molar-refractivity contribution is 9.12. The number of imide groups is 1. The summed E-state index contributed by atoms with van der Waals surface area (Å²) < 4.78 is 7.18. The van der Waals surface area contributed by atoms with E-state index < -0.39 is 0 Å². The lowest BCUT2D eigenvalue weighted by molar-refractivity contribution is 0.0600. The van der Waals surface area contributed by atoms with Crippen LogP contribution < -0.4 is 0 Å². The van der Waals surface area contributed by atoms with Crippen molar-refractivity contribution in [3.05, 3.63) is 18.7 Å². The second-order valence-corrected chi connectivity index (χ2v) is 9.66. The van der Waals surface area contributed by atoms with Crippen LogP contribution >= 0.6 is 43.2 Å². The average molecular weight is 481 g/mol. The minimum Gasteiger partial charge on any atom is -0.381 e. The number of rotatable bonds is 10. The molecule has 1 atom stereocenters. The molecule has 0 saturated carbocycles. The number of amides is 2. The van der Waals surface area contributed by atoms with Crippen molar-refractivity contribution in [1.29, 1.82) is 0 Å². The Hall–Kier alpha value is -0.240. The molecular weight excluding hydrogens is 458 g/mol. The third-order valence-corrected chi connectivity index (χ3v) is 6.84. The molecule has 134 valence electrons. The predicted molar refractivity (Wildman–Crippen MR) is 104 cm³/mol. The Kier molecular flexibility index (Phi) is 7.91. The van der Waals surface area contributed by atoms with E-state index in [1.165, 1.54) is 35.5 Å². The highest BCUT2D eigenvalue weighted by Crippen LogP contribution is 2.41. The summed E-state index contributed by atoms with van der Waals surface area (Å²) in [6.07, 6.45) is 5.46. The molecule has 24 heavy (non-hydrogen) atoms. The van der Waals surface area contributed by atoms with Crippen LogP contribution in [0.15, 0.2) is 7.57 Å². The summed E-state index contributed by atoms with van der Waals surface area (Å²) in [5.41, 5.74) is 0.979. The number of ether oxygens (including phenoxy) is 1. The van der Waals surface area contributed by atoms with Crippen molar-refractivity contribution in [3.8, 4) is 0 Å². The van der Waals surface area contributed by atoms with Crippen LogP contribution in [0.1, 0.15) is 66.7 Å². The summed E-state index contributed by atoms with van der Waals surface area (Å²) in [4.78, 5) is 26.1. The first-order chi connectivity index (χ1) is 11.5. The van der Waals surface area contributed by atoms with Gasteiger partial charge in [0.15, 0.2) is 0 Å². The van der Waals surface area contributed by atoms with Gasteiger partial charge < -0.3 is 4.74 Å². The third kappa shape index (κ3) is 4.48. The molecule has 4 nitrogen and oxygen atoms in total. The largest absolute Gasteiger partial charge is 0.381 e. The van der Waals surface area contributed by atoms with Crippen molar-refractivity contribution < 1.29 is 14.3 Å². The van der Waals surface area contributed by atoms with Gasteiger partial charge in [0, 0.05) is 19.8 Å². The molecule has 0 aromatic carbocycles. The van der Waals surface area contributed by atoms with E-state index >= 15 is 0 Å². The predicted octanol–water partition coefficient (Wildman–Crippen LogP) is 5.49. The molecular formula is C17H23Br2NO3S. The number of hydrogen-bond donors (Lipinski definition) is 0. The molecule has 2 amide bonds. The highest BCUT2D eigenvalue weighted by Gasteiger charge is 2.40. The van der Waals surface area contributed by atoms with Crippen LogP contribution in [0.2, 0.25) is 0 Å². The lowest BCUT2D eigenvalue weighted by Gasteiger charge is -2.16. The monoisotopic (exact) mass is 479 g/mol. The molecule has 0 bridgehead atoms. The number of thiophene rings is 1. The summed E-state index contributed by atoms with van der Waals surface area (Å²) in [6, 6.07) is 0. The van der Waals surface area contributed by atoms with Gasteiger partial charge in [0.2, 0.25) is 0 Å². The molecule has 1 aliphatic rings. The van der Waals surface area contributed by atoms with Gasteiger partial charge in [-0.2, -0.15) is 0 Å². The van der Waals surface area contributed by atoms with Gasteiger partial charge in [-0.1, -0.05) is 33.1 Å². The molecule has 0 saturated heterocycles. The standard InChI is InChI=1S/C17H23Br2NO3S/c1-3-5-7-11(4-2)10-23-9-6-8-20-16(21)12-13(17(20)22)15(19)24-14(12)18/h11H,3-10H2,1-2H3. The number of fused-ring (bicyclic) bond motifs is 1. The number of unbranched alkanes of at least 4 members (excludes halogenated alkanes) is 1. The van der Waals surface area contributed by atoms with Gasteiger partial charge >= 0.3 is 0 Å². The molecule has 0 fully saturated rings. The topological polar surface area (TPSA) is 46.6 Å². The molecule has 0 spiro atoms. The van der Waals surface area contributed by atoms with Gasteiger partial charge in [-0.15, -0.1) is 11.3 Å². The van der Waals surface area contributed by atoms with Crippen LogP contribution in [-0.2, 0) is 4.74 Å². The first-order valence-corrected chi connectivity index (χ1v) is 10.8. The fraction of sp³-hybridized carbons (Fsp3) is 0.647. The smallest absolute Gasteiger partial charge is 0.263 e. The molecule has 1 aromatic rings. The van der Waals surface area contributed by atoms with Crippen molar-refractivity contribution in [1.82, 2.24) is 4.90 Å². The van der Waals surface area contributed by atoms with Crippen LogP contribution in [0.25, 0.3) is 0 Å². The van der Waals surface area contributed by atoms with E-state index in [9.17, 15) is 9.59 Å².